The normalized spacial score (nSPS) is 19.4. The van der Waals surface area contributed by atoms with Crippen molar-refractivity contribution >= 4 is 40.6 Å². The SMILES string of the molecule is C/C=C(\C)c1nn(-c2ccc(N3CCN(CCOCCOc4ccc5c(c4)C(=O)N(C4CCC(=O)NC4=O)C5=O)CC3)cc2)cc1-c1ccc2c(c1)CC/C2=N\O. The number of carbonyl (C=O) groups is 4. The zero-order chi connectivity index (χ0) is 39.6. The molecule has 4 aromatic rings. The van der Waals surface area contributed by atoms with Crippen molar-refractivity contribution in [1.82, 2.24) is 24.9 Å². The molecule has 4 aliphatic rings. The lowest BCUT2D eigenvalue weighted by molar-refractivity contribution is -0.136. The molecule has 1 aromatic heterocycles. The molecular weight excluding hydrogens is 727 g/mol. The molecule has 3 aromatic carbocycles. The molecule has 2 fully saturated rings. The number of nitrogens with zero attached hydrogens (tertiary/aromatic N) is 6. The van der Waals surface area contributed by atoms with E-state index in [9.17, 15) is 24.4 Å². The van der Waals surface area contributed by atoms with E-state index in [2.05, 4.69) is 75.9 Å². The lowest BCUT2D eigenvalue weighted by atomic mass is 9.98. The summed E-state index contributed by atoms with van der Waals surface area (Å²) >= 11 is 0. The zero-order valence-electron chi connectivity index (χ0n) is 32.1. The standard InChI is InChI=1S/C43H45N7O7/c1-3-27(2)40-36(29-4-11-33-28(24-29)5-13-37(33)46-55)26-49(45-40)31-8-6-30(7-9-31)48-18-16-47(17-19-48)20-21-56-22-23-57-32-10-12-34-35(25-32)43(54)50(42(34)53)38-14-15-39(51)44-41(38)52/h3-4,6-12,24-26,38,55H,5,13-23H2,1-2H3,(H,44,51,52)/b27-3+,46-37+. The highest BCUT2D eigenvalue weighted by molar-refractivity contribution is 6.23. The van der Waals surface area contributed by atoms with Gasteiger partial charge in [-0.3, -0.25) is 34.3 Å². The Morgan fingerprint density at radius 2 is 1.61 bits per heavy atom. The van der Waals surface area contributed by atoms with Gasteiger partial charge in [-0.25, -0.2) is 4.68 Å². The number of aryl methyl sites for hydroxylation is 1. The molecule has 0 saturated carbocycles. The van der Waals surface area contributed by atoms with Crippen LogP contribution in [0.4, 0.5) is 5.69 Å². The molecule has 0 spiro atoms. The minimum Gasteiger partial charge on any atom is -0.491 e. The van der Waals surface area contributed by atoms with Crippen molar-refractivity contribution in [3.05, 3.63) is 101 Å². The minimum atomic E-state index is -1.01. The van der Waals surface area contributed by atoms with Crippen LogP contribution in [0.3, 0.4) is 0 Å². The average Bonchev–Trinajstić information content (AvgIpc) is 3.93. The van der Waals surface area contributed by atoms with Gasteiger partial charge in [0.15, 0.2) is 0 Å². The second-order valence-corrected chi connectivity index (χ2v) is 14.7. The number of rotatable bonds is 12. The van der Waals surface area contributed by atoms with Gasteiger partial charge in [-0.1, -0.05) is 29.4 Å². The molecule has 8 rings (SSSR count). The Kier molecular flexibility index (Phi) is 10.7. The van der Waals surface area contributed by atoms with Gasteiger partial charge >= 0.3 is 0 Å². The maximum absolute atomic E-state index is 13.1. The number of hydrogen-bond acceptors (Lipinski definition) is 11. The van der Waals surface area contributed by atoms with E-state index in [1.54, 1.807) is 6.07 Å². The predicted octanol–water partition coefficient (Wildman–Crippen LogP) is 4.71. The molecular formula is C43H45N7O7. The van der Waals surface area contributed by atoms with Gasteiger partial charge in [-0.15, -0.1) is 0 Å². The van der Waals surface area contributed by atoms with Gasteiger partial charge in [0, 0.05) is 62.2 Å². The molecule has 4 amide bonds. The highest BCUT2D eigenvalue weighted by atomic mass is 16.5. The van der Waals surface area contributed by atoms with Crippen LogP contribution in [0.15, 0.2) is 78.1 Å². The van der Waals surface area contributed by atoms with Crippen LogP contribution < -0.4 is 15.0 Å². The summed E-state index contributed by atoms with van der Waals surface area (Å²) < 4.78 is 13.6. The Balaban J connectivity index is 0.788. The molecule has 14 nitrogen and oxygen atoms in total. The summed E-state index contributed by atoms with van der Waals surface area (Å²) in [6.45, 7) is 9.74. The highest BCUT2D eigenvalue weighted by Gasteiger charge is 2.44. The number of allylic oxidation sites excluding steroid dienone is 2. The van der Waals surface area contributed by atoms with Crippen LogP contribution in [-0.4, -0.2) is 113 Å². The number of oxime groups is 1. The van der Waals surface area contributed by atoms with Crippen LogP contribution in [0.2, 0.25) is 0 Å². The monoisotopic (exact) mass is 771 g/mol. The van der Waals surface area contributed by atoms with E-state index in [-0.39, 0.29) is 30.6 Å². The third-order valence-electron chi connectivity index (χ3n) is 11.3. The van der Waals surface area contributed by atoms with E-state index in [0.29, 0.717) is 19.0 Å². The maximum atomic E-state index is 13.1. The summed E-state index contributed by atoms with van der Waals surface area (Å²) in [5.41, 5.74) is 9.72. The number of nitrogens with one attached hydrogen (secondary N) is 1. The van der Waals surface area contributed by atoms with Gasteiger partial charge in [0.25, 0.3) is 11.8 Å². The summed E-state index contributed by atoms with van der Waals surface area (Å²) in [7, 11) is 0. The van der Waals surface area contributed by atoms with Crippen LogP contribution in [0, 0.1) is 0 Å². The van der Waals surface area contributed by atoms with Gasteiger partial charge < -0.3 is 19.6 Å². The Bertz CT molecular complexity index is 2290. The number of aromatic nitrogens is 2. The first-order chi connectivity index (χ1) is 27.7. The van der Waals surface area contributed by atoms with Crippen LogP contribution >= 0.6 is 0 Å². The summed E-state index contributed by atoms with van der Waals surface area (Å²) in [5.74, 6) is -1.73. The van der Waals surface area contributed by atoms with Crippen LogP contribution in [-0.2, 0) is 20.7 Å². The molecule has 1 unspecified atom stereocenters. The number of benzene rings is 3. The second kappa shape index (κ2) is 16.2. The van der Waals surface area contributed by atoms with Crippen molar-refractivity contribution in [3.63, 3.8) is 0 Å². The Labute approximate surface area is 330 Å². The topological polar surface area (TPSA) is 159 Å². The largest absolute Gasteiger partial charge is 0.491 e. The van der Waals surface area contributed by atoms with Gasteiger partial charge in [0.1, 0.15) is 18.4 Å². The molecule has 294 valence electrons. The van der Waals surface area contributed by atoms with E-state index in [1.807, 2.05) is 17.7 Å². The van der Waals surface area contributed by atoms with E-state index in [0.717, 1.165) is 89.8 Å². The number of piperidine rings is 1. The third kappa shape index (κ3) is 7.57. The molecule has 2 N–H and O–H groups in total. The van der Waals surface area contributed by atoms with Crippen LogP contribution in [0.25, 0.3) is 22.4 Å². The van der Waals surface area contributed by atoms with E-state index in [4.69, 9.17) is 14.6 Å². The lowest BCUT2D eigenvalue weighted by Crippen LogP contribution is -2.54. The third-order valence-corrected chi connectivity index (χ3v) is 11.3. The maximum Gasteiger partial charge on any atom is 0.262 e. The number of carbonyl (C=O) groups excluding carboxylic acids is 4. The first-order valence-corrected chi connectivity index (χ1v) is 19.4. The fourth-order valence-electron chi connectivity index (χ4n) is 7.99. The van der Waals surface area contributed by atoms with E-state index < -0.39 is 29.7 Å². The van der Waals surface area contributed by atoms with Crippen molar-refractivity contribution in [3.8, 4) is 22.6 Å². The number of hydrogen-bond donors (Lipinski definition) is 2. The molecule has 14 heteroatoms. The molecule has 1 aliphatic carbocycles. The number of ether oxygens (including phenoxy) is 2. The fraction of sp³-hybridized carbons (Fsp3) is 0.349. The van der Waals surface area contributed by atoms with Gasteiger partial charge in [-0.05, 0) is 92.3 Å². The molecule has 0 bridgehead atoms. The number of imide groups is 2. The zero-order valence-corrected chi connectivity index (χ0v) is 32.1. The molecule has 2 saturated heterocycles. The molecule has 3 aliphatic heterocycles. The molecule has 0 radical (unpaired) electrons. The van der Waals surface area contributed by atoms with Crippen molar-refractivity contribution in [2.24, 2.45) is 5.16 Å². The summed E-state index contributed by atoms with van der Waals surface area (Å²) in [6, 6.07) is 18.6. The quantitative estimate of drug-likeness (QED) is 0.0895. The van der Waals surface area contributed by atoms with Gasteiger partial charge in [0.05, 0.1) is 41.4 Å². The van der Waals surface area contributed by atoms with Crippen LogP contribution in [0.5, 0.6) is 5.75 Å². The molecule has 4 heterocycles. The lowest BCUT2D eigenvalue weighted by Gasteiger charge is -2.36. The summed E-state index contributed by atoms with van der Waals surface area (Å²) in [4.78, 5) is 55.6. The summed E-state index contributed by atoms with van der Waals surface area (Å²) in [6.07, 6.45) is 5.97. The Morgan fingerprint density at radius 1 is 0.860 bits per heavy atom. The highest BCUT2D eigenvalue weighted by Crippen LogP contribution is 2.34. The number of anilines is 1. The van der Waals surface area contributed by atoms with Crippen molar-refractivity contribution in [2.45, 2.75) is 45.6 Å². The second-order valence-electron chi connectivity index (χ2n) is 14.7. The van der Waals surface area contributed by atoms with Crippen molar-refractivity contribution in [2.75, 3.05) is 57.4 Å². The van der Waals surface area contributed by atoms with Gasteiger partial charge in [0.2, 0.25) is 11.8 Å². The Hall–Kier alpha value is -6.12. The summed E-state index contributed by atoms with van der Waals surface area (Å²) in [5, 5.41) is 20.1. The first kappa shape index (κ1) is 37.8. The van der Waals surface area contributed by atoms with Crippen molar-refractivity contribution < 1.29 is 33.9 Å². The van der Waals surface area contributed by atoms with Crippen LogP contribution in [0.1, 0.15) is 70.6 Å². The fourth-order valence-corrected chi connectivity index (χ4v) is 7.99. The number of piperazine rings is 1. The molecule has 57 heavy (non-hydrogen) atoms. The smallest absolute Gasteiger partial charge is 0.262 e. The first-order valence-electron chi connectivity index (χ1n) is 19.4. The van der Waals surface area contributed by atoms with E-state index in [1.165, 1.54) is 23.4 Å². The van der Waals surface area contributed by atoms with Crippen molar-refractivity contribution in [1.29, 1.82) is 0 Å². The minimum absolute atomic E-state index is 0.0701. The average molecular weight is 772 g/mol. The number of amides is 4. The predicted molar refractivity (Wildman–Crippen MR) is 213 cm³/mol. The number of fused-ring (bicyclic) bond motifs is 2. The van der Waals surface area contributed by atoms with Gasteiger partial charge in [-0.2, -0.15) is 5.10 Å². The Morgan fingerprint density at radius 3 is 2.37 bits per heavy atom. The molecule has 1 atom stereocenters. The van der Waals surface area contributed by atoms with E-state index >= 15 is 0 Å².